The van der Waals surface area contributed by atoms with Gasteiger partial charge in [-0.05, 0) is 48.9 Å². The largest absolute Gasteiger partial charge is 0.399 e. The second-order valence-corrected chi connectivity index (χ2v) is 11.2. The molecule has 0 saturated heterocycles. The molecular formula is C27H35F2N4O7P. The number of hydrogen-bond acceptors (Lipinski definition) is 5. The highest BCUT2D eigenvalue weighted by Crippen LogP contribution is 2.59. The fourth-order valence-corrected chi connectivity index (χ4v) is 4.41. The van der Waals surface area contributed by atoms with Crippen LogP contribution in [0.3, 0.4) is 0 Å². The van der Waals surface area contributed by atoms with Crippen LogP contribution in [0.2, 0.25) is 0 Å². The van der Waals surface area contributed by atoms with E-state index >= 15 is 0 Å². The van der Waals surface area contributed by atoms with Crippen molar-refractivity contribution in [3.63, 3.8) is 0 Å². The van der Waals surface area contributed by atoms with Gasteiger partial charge in [0.15, 0.2) is 0 Å². The lowest BCUT2D eigenvalue weighted by Gasteiger charge is -2.22. The highest BCUT2D eigenvalue weighted by molar-refractivity contribution is 7.52. The summed E-state index contributed by atoms with van der Waals surface area (Å²) in [4.78, 5) is 66.7. The van der Waals surface area contributed by atoms with Crippen LogP contribution in [0.4, 0.5) is 8.78 Å². The van der Waals surface area contributed by atoms with Gasteiger partial charge in [0.1, 0.15) is 12.1 Å². The Morgan fingerprint density at radius 3 is 2.02 bits per heavy atom. The van der Waals surface area contributed by atoms with E-state index in [-0.39, 0.29) is 18.7 Å². The number of carbonyl (C=O) groups is 4. The molecule has 0 heterocycles. The normalized spacial score (nSPS) is 13.1. The number of benzene rings is 2. The van der Waals surface area contributed by atoms with Crippen LogP contribution in [0.15, 0.2) is 48.5 Å². The number of nitrogens with one attached hydrogen (secondary N) is 3. The summed E-state index contributed by atoms with van der Waals surface area (Å²) < 4.78 is 38.9. The zero-order valence-electron chi connectivity index (χ0n) is 22.7. The lowest BCUT2D eigenvalue weighted by molar-refractivity contribution is -0.130. The first kappa shape index (κ1) is 33.5. The Morgan fingerprint density at radius 2 is 1.51 bits per heavy atom. The zero-order chi connectivity index (χ0) is 30.8. The number of primary amides is 1. The molecule has 0 aliphatic heterocycles. The summed E-state index contributed by atoms with van der Waals surface area (Å²) in [5.41, 5.74) is 2.09. The Morgan fingerprint density at radius 1 is 0.927 bits per heavy atom. The Balaban J connectivity index is 1.94. The topological polar surface area (TPSA) is 188 Å². The van der Waals surface area contributed by atoms with Gasteiger partial charge in [-0.25, -0.2) is 0 Å². The van der Waals surface area contributed by atoms with Gasteiger partial charge >= 0.3 is 13.3 Å². The summed E-state index contributed by atoms with van der Waals surface area (Å²) in [5.74, 6) is -2.34. The molecule has 2 atom stereocenters. The van der Waals surface area contributed by atoms with E-state index in [9.17, 15) is 32.5 Å². The third-order valence-corrected chi connectivity index (χ3v) is 7.28. The fraction of sp³-hybridized carbons (Fsp3) is 0.407. The molecule has 2 rings (SSSR count). The van der Waals surface area contributed by atoms with E-state index in [0.717, 1.165) is 36.2 Å². The lowest BCUT2D eigenvalue weighted by Crippen LogP contribution is -2.53. The smallest absolute Gasteiger partial charge is 0.368 e. The molecular weight excluding hydrogens is 561 g/mol. The molecule has 2 aromatic rings. The fourth-order valence-electron chi connectivity index (χ4n) is 3.93. The van der Waals surface area contributed by atoms with E-state index < -0.39 is 48.6 Å². The van der Waals surface area contributed by atoms with Crippen molar-refractivity contribution in [3.05, 3.63) is 70.8 Å². The molecule has 11 nitrogen and oxygen atoms in total. The van der Waals surface area contributed by atoms with E-state index in [1.165, 1.54) is 6.92 Å². The average molecular weight is 597 g/mol. The summed E-state index contributed by atoms with van der Waals surface area (Å²) in [5, 5.41) is 7.71. The first-order valence-electron chi connectivity index (χ1n) is 12.9. The van der Waals surface area contributed by atoms with E-state index in [1.807, 2.05) is 19.1 Å². The highest BCUT2D eigenvalue weighted by atomic mass is 31.2. The van der Waals surface area contributed by atoms with Crippen molar-refractivity contribution in [1.29, 1.82) is 0 Å². The third kappa shape index (κ3) is 10.0. The predicted octanol–water partition coefficient (Wildman–Crippen LogP) is 2.09. The molecule has 7 N–H and O–H groups in total. The summed E-state index contributed by atoms with van der Waals surface area (Å²) in [7, 11) is -5.75. The Bertz CT molecular complexity index is 1270. The summed E-state index contributed by atoms with van der Waals surface area (Å²) in [6.07, 6.45) is 1.80. The number of aryl methyl sites for hydroxylation is 1. The number of alkyl halides is 2. The van der Waals surface area contributed by atoms with Crippen LogP contribution >= 0.6 is 7.60 Å². The van der Waals surface area contributed by atoms with Gasteiger partial charge in [-0.2, -0.15) is 8.78 Å². The minimum Gasteiger partial charge on any atom is -0.368 e. The zero-order valence-corrected chi connectivity index (χ0v) is 23.6. The van der Waals surface area contributed by atoms with Gasteiger partial charge in [-0.3, -0.25) is 23.7 Å². The van der Waals surface area contributed by atoms with Crippen molar-refractivity contribution >= 4 is 31.2 Å². The highest BCUT2D eigenvalue weighted by Gasteiger charge is 2.50. The number of amides is 4. The molecule has 14 heteroatoms. The molecule has 0 spiro atoms. The number of carbonyl (C=O) groups excluding carboxylic acids is 4. The quantitative estimate of drug-likeness (QED) is 0.134. The molecule has 224 valence electrons. The predicted molar refractivity (Wildman–Crippen MR) is 147 cm³/mol. The van der Waals surface area contributed by atoms with Crippen molar-refractivity contribution in [1.82, 2.24) is 16.0 Å². The maximum atomic E-state index is 13.9. The molecule has 2 aromatic carbocycles. The average Bonchev–Trinajstić information content (AvgIpc) is 2.91. The van der Waals surface area contributed by atoms with E-state index in [1.54, 1.807) is 12.1 Å². The van der Waals surface area contributed by atoms with Gasteiger partial charge in [0.05, 0.1) is 0 Å². The van der Waals surface area contributed by atoms with Crippen molar-refractivity contribution in [2.24, 2.45) is 5.73 Å². The number of hydrogen-bond donors (Lipinski definition) is 6. The molecule has 0 saturated carbocycles. The monoisotopic (exact) mass is 596 g/mol. The van der Waals surface area contributed by atoms with Gasteiger partial charge in [0, 0.05) is 31.0 Å². The van der Waals surface area contributed by atoms with Gasteiger partial charge in [0.25, 0.3) is 5.91 Å². The summed E-state index contributed by atoms with van der Waals surface area (Å²) in [6.45, 7) is 3.52. The summed E-state index contributed by atoms with van der Waals surface area (Å²) in [6, 6.07) is 8.92. The van der Waals surface area contributed by atoms with Gasteiger partial charge in [0.2, 0.25) is 17.7 Å². The van der Waals surface area contributed by atoms with Crippen molar-refractivity contribution in [2.75, 3.05) is 6.54 Å². The Kier molecular flexibility index (Phi) is 12.1. The molecule has 0 bridgehead atoms. The van der Waals surface area contributed by atoms with Gasteiger partial charge in [-0.1, -0.05) is 43.3 Å². The van der Waals surface area contributed by atoms with Crippen LogP contribution in [0.25, 0.3) is 0 Å². The minimum atomic E-state index is -5.75. The number of rotatable bonds is 15. The van der Waals surface area contributed by atoms with Crippen LogP contribution in [0, 0.1) is 0 Å². The minimum absolute atomic E-state index is 0.163. The number of halogens is 2. The maximum Gasteiger partial charge on any atom is 0.399 e. The van der Waals surface area contributed by atoms with Crippen LogP contribution in [0.1, 0.15) is 60.2 Å². The molecule has 41 heavy (non-hydrogen) atoms. The van der Waals surface area contributed by atoms with Gasteiger partial charge < -0.3 is 31.5 Å². The SMILES string of the molecule is CCc1ccc(C(=O)NCCCCC(NC(=O)C(Cc2ccc(C(F)(F)P(=O)(O)O)cc2)NC(C)=O)C(N)=O)cc1. The van der Waals surface area contributed by atoms with Crippen LogP contribution in [0.5, 0.6) is 0 Å². The molecule has 4 amide bonds. The summed E-state index contributed by atoms with van der Waals surface area (Å²) >= 11 is 0. The second kappa shape index (κ2) is 14.8. The van der Waals surface area contributed by atoms with E-state index in [2.05, 4.69) is 16.0 Å². The number of unbranched alkanes of at least 4 members (excludes halogenated alkanes) is 1. The van der Waals surface area contributed by atoms with E-state index in [4.69, 9.17) is 15.5 Å². The lowest BCUT2D eigenvalue weighted by atomic mass is 10.0. The molecule has 0 aliphatic rings. The molecule has 0 fully saturated rings. The standard InChI is InChI=1S/C27H35F2N4O7P/c1-3-18-7-11-20(12-8-18)25(36)31-15-5-4-6-22(24(30)35)33-26(37)23(32-17(2)34)16-19-9-13-21(14-10-19)27(28,29)41(38,39)40/h7-14,22-23H,3-6,15-16H2,1-2H3,(H2,30,35)(H,31,36)(H,32,34)(H,33,37)(H2,38,39,40). The van der Waals surface area contributed by atoms with Gasteiger partial charge in [-0.15, -0.1) is 0 Å². The molecule has 2 unspecified atom stereocenters. The Labute approximate surface area is 236 Å². The maximum absolute atomic E-state index is 13.9. The third-order valence-electron chi connectivity index (χ3n) is 6.29. The molecule has 0 aliphatic carbocycles. The second-order valence-electron chi connectivity index (χ2n) is 9.51. The van der Waals surface area contributed by atoms with Crippen molar-refractivity contribution in [2.45, 2.75) is 63.7 Å². The molecule has 0 radical (unpaired) electrons. The van der Waals surface area contributed by atoms with Crippen molar-refractivity contribution < 1.29 is 42.3 Å². The van der Waals surface area contributed by atoms with Crippen molar-refractivity contribution in [3.8, 4) is 0 Å². The van der Waals surface area contributed by atoms with Crippen LogP contribution in [-0.2, 0) is 37.5 Å². The van der Waals surface area contributed by atoms with E-state index in [0.29, 0.717) is 30.5 Å². The first-order valence-corrected chi connectivity index (χ1v) is 14.5. The first-order chi connectivity index (χ1) is 19.2. The number of nitrogens with two attached hydrogens (primary N) is 1. The van der Waals surface area contributed by atoms with Crippen LogP contribution < -0.4 is 21.7 Å². The van der Waals surface area contributed by atoms with Crippen LogP contribution in [-0.4, -0.2) is 52.0 Å². The Hall–Kier alpha value is -3.67. The molecule has 0 aromatic heterocycles.